The monoisotopic (exact) mass is 334 g/mol. The van der Waals surface area contributed by atoms with Crippen molar-refractivity contribution in [2.24, 2.45) is 0 Å². The fraction of sp³-hybridized carbons (Fsp3) is 0.286. The lowest BCUT2D eigenvalue weighted by Crippen LogP contribution is -2.33. The Bertz CT molecular complexity index is 899. The van der Waals surface area contributed by atoms with E-state index in [1.54, 1.807) is 0 Å². The second kappa shape index (κ2) is 6.63. The lowest BCUT2D eigenvalue weighted by atomic mass is 10.1. The highest BCUT2D eigenvalue weighted by Gasteiger charge is 2.22. The van der Waals surface area contributed by atoms with Crippen LogP contribution in [0.15, 0.2) is 48.5 Å². The Labute approximate surface area is 147 Å². The maximum Gasteiger partial charge on any atom is 0.410 e. The van der Waals surface area contributed by atoms with E-state index in [1.165, 1.54) is 27.7 Å². The fourth-order valence-electron chi connectivity index (χ4n) is 3.51. The van der Waals surface area contributed by atoms with Crippen LogP contribution in [-0.4, -0.2) is 29.1 Å². The number of hydrogen-bond donors (Lipinski definition) is 1. The number of aromatic amines is 1. The third-order valence-electron chi connectivity index (χ3n) is 4.88. The van der Waals surface area contributed by atoms with Crippen molar-refractivity contribution in [2.75, 3.05) is 13.1 Å². The third-order valence-corrected chi connectivity index (χ3v) is 4.88. The molecule has 1 N–H and O–H groups in total. The molecule has 1 amide bonds. The Morgan fingerprint density at radius 2 is 1.92 bits per heavy atom. The molecular formula is C21H22N2O2. The molecule has 3 aromatic rings. The first-order valence-corrected chi connectivity index (χ1v) is 8.76. The molecule has 0 atom stereocenters. The van der Waals surface area contributed by atoms with Gasteiger partial charge in [-0.2, -0.15) is 0 Å². The third kappa shape index (κ3) is 3.25. The summed E-state index contributed by atoms with van der Waals surface area (Å²) in [5.41, 5.74) is 6.06. The van der Waals surface area contributed by atoms with Crippen LogP contribution in [0.5, 0.6) is 0 Å². The molecular weight excluding hydrogens is 312 g/mol. The maximum atomic E-state index is 12.4. The van der Waals surface area contributed by atoms with Crippen molar-refractivity contribution in [1.82, 2.24) is 9.88 Å². The van der Waals surface area contributed by atoms with Gasteiger partial charge in [-0.05, 0) is 36.6 Å². The SMILES string of the molecule is Cc1ccc2[nH]c3c(c2c1)CCN(C(=O)OCc1ccccc1)CC3. The van der Waals surface area contributed by atoms with Crippen molar-refractivity contribution in [2.45, 2.75) is 26.4 Å². The average molecular weight is 334 g/mol. The van der Waals surface area contributed by atoms with Gasteiger partial charge in [0.2, 0.25) is 0 Å². The molecule has 2 heterocycles. The first kappa shape index (κ1) is 15.8. The second-order valence-corrected chi connectivity index (χ2v) is 6.66. The standard InChI is InChI=1S/C21H22N2O2/c1-15-7-8-19-18(13-15)17-9-11-23(12-10-20(17)22-19)21(24)25-14-16-5-3-2-4-6-16/h2-8,13,22H,9-12,14H2,1H3. The first-order valence-electron chi connectivity index (χ1n) is 8.76. The van der Waals surface area contributed by atoms with Crippen LogP contribution in [0, 0.1) is 6.92 Å². The smallest absolute Gasteiger partial charge is 0.410 e. The summed E-state index contributed by atoms with van der Waals surface area (Å²) in [6.07, 6.45) is 1.47. The highest BCUT2D eigenvalue weighted by Crippen LogP contribution is 2.27. The molecule has 0 fully saturated rings. The van der Waals surface area contributed by atoms with E-state index in [1.807, 2.05) is 35.2 Å². The topological polar surface area (TPSA) is 45.3 Å². The molecule has 0 spiro atoms. The number of H-pyrrole nitrogens is 1. The van der Waals surface area contributed by atoms with Crippen LogP contribution in [-0.2, 0) is 24.2 Å². The van der Waals surface area contributed by atoms with Crippen LogP contribution in [0.3, 0.4) is 0 Å². The highest BCUT2D eigenvalue weighted by atomic mass is 16.6. The van der Waals surface area contributed by atoms with Crippen molar-refractivity contribution in [3.8, 4) is 0 Å². The highest BCUT2D eigenvalue weighted by molar-refractivity contribution is 5.85. The molecule has 0 aliphatic carbocycles. The molecule has 1 aliphatic rings. The van der Waals surface area contributed by atoms with E-state index in [0.717, 1.165) is 18.4 Å². The number of hydrogen-bond acceptors (Lipinski definition) is 2. The number of nitrogens with zero attached hydrogens (tertiary/aromatic N) is 1. The van der Waals surface area contributed by atoms with E-state index in [4.69, 9.17) is 4.74 Å². The van der Waals surface area contributed by atoms with Crippen molar-refractivity contribution in [3.05, 3.63) is 70.9 Å². The van der Waals surface area contributed by atoms with Gasteiger partial charge in [-0.3, -0.25) is 0 Å². The molecule has 25 heavy (non-hydrogen) atoms. The van der Waals surface area contributed by atoms with Gasteiger partial charge in [0.1, 0.15) is 6.61 Å². The Morgan fingerprint density at radius 3 is 2.76 bits per heavy atom. The normalized spacial score (nSPS) is 14.2. The van der Waals surface area contributed by atoms with E-state index >= 15 is 0 Å². The fourth-order valence-corrected chi connectivity index (χ4v) is 3.51. The summed E-state index contributed by atoms with van der Waals surface area (Å²) in [6, 6.07) is 16.3. The molecule has 0 radical (unpaired) electrons. The molecule has 1 aliphatic heterocycles. The minimum absolute atomic E-state index is 0.227. The second-order valence-electron chi connectivity index (χ2n) is 6.66. The number of rotatable bonds is 2. The van der Waals surface area contributed by atoms with Gasteiger partial charge >= 0.3 is 6.09 Å². The minimum atomic E-state index is -0.227. The summed E-state index contributed by atoms with van der Waals surface area (Å²) in [4.78, 5) is 17.7. The van der Waals surface area contributed by atoms with Crippen LogP contribution < -0.4 is 0 Å². The number of fused-ring (bicyclic) bond motifs is 3. The number of carbonyl (C=O) groups is 1. The summed E-state index contributed by atoms with van der Waals surface area (Å²) < 4.78 is 5.48. The molecule has 1 aromatic heterocycles. The van der Waals surface area contributed by atoms with Crippen molar-refractivity contribution in [1.29, 1.82) is 0 Å². The molecule has 0 bridgehead atoms. The van der Waals surface area contributed by atoms with Gasteiger partial charge in [-0.1, -0.05) is 42.0 Å². The van der Waals surface area contributed by atoms with Gasteiger partial charge < -0.3 is 14.6 Å². The molecule has 4 rings (SSSR count). The Hall–Kier alpha value is -2.75. The van der Waals surface area contributed by atoms with Gasteiger partial charge in [0.05, 0.1) is 0 Å². The lowest BCUT2D eigenvalue weighted by molar-refractivity contribution is 0.0977. The zero-order valence-corrected chi connectivity index (χ0v) is 14.4. The van der Waals surface area contributed by atoms with Crippen LogP contribution in [0.4, 0.5) is 4.79 Å². The van der Waals surface area contributed by atoms with E-state index in [2.05, 4.69) is 30.1 Å². The number of aryl methyl sites for hydroxylation is 1. The number of benzene rings is 2. The Morgan fingerprint density at radius 1 is 1.12 bits per heavy atom. The number of carbonyl (C=O) groups excluding carboxylic acids is 1. The van der Waals surface area contributed by atoms with Gasteiger partial charge in [0.15, 0.2) is 0 Å². The van der Waals surface area contributed by atoms with Gasteiger partial charge in [-0.25, -0.2) is 4.79 Å². The average Bonchev–Trinajstić information content (AvgIpc) is 2.83. The molecule has 0 saturated carbocycles. The zero-order valence-electron chi connectivity index (χ0n) is 14.4. The summed E-state index contributed by atoms with van der Waals surface area (Å²) in [7, 11) is 0. The van der Waals surface area contributed by atoms with Crippen LogP contribution in [0.25, 0.3) is 10.9 Å². The predicted molar refractivity (Wildman–Crippen MR) is 98.6 cm³/mol. The predicted octanol–water partition coefficient (Wildman–Crippen LogP) is 4.21. The summed E-state index contributed by atoms with van der Waals surface area (Å²) in [6.45, 7) is 3.82. The van der Waals surface area contributed by atoms with E-state index in [0.29, 0.717) is 19.7 Å². The van der Waals surface area contributed by atoms with Gasteiger partial charge in [-0.15, -0.1) is 0 Å². The van der Waals surface area contributed by atoms with Crippen LogP contribution in [0.1, 0.15) is 22.4 Å². The summed E-state index contributed by atoms with van der Waals surface area (Å²) in [5.74, 6) is 0. The van der Waals surface area contributed by atoms with Crippen molar-refractivity contribution >= 4 is 17.0 Å². The molecule has 4 heteroatoms. The quantitative estimate of drug-likeness (QED) is 0.763. The Balaban J connectivity index is 1.44. The molecule has 128 valence electrons. The number of aromatic nitrogens is 1. The van der Waals surface area contributed by atoms with Crippen molar-refractivity contribution in [3.63, 3.8) is 0 Å². The molecule has 0 saturated heterocycles. The molecule has 0 unspecified atom stereocenters. The number of amides is 1. The molecule has 2 aromatic carbocycles. The van der Waals surface area contributed by atoms with Crippen LogP contribution >= 0.6 is 0 Å². The van der Waals surface area contributed by atoms with E-state index < -0.39 is 0 Å². The summed E-state index contributed by atoms with van der Waals surface area (Å²) >= 11 is 0. The Kier molecular flexibility index (Phi) is 4.18. The van der Waals surface area contributed by atoms with E-state index in [9.17, 15) is 4.79 Å². The zero-order chi connectivity index (χ0) is 17.2. The minimum Gasteiger partial charge on any atom is -0.445 e. The lowest BCUT2D eigenvalue weighted by Gasteiger charge is -2.19. The summed E-state index contributed by atoms with van der Waals surface area (Å²) in [5, 5.41) is 1.29. The first-order chi connectivity index (χ1) is 12.2. The maximum absolute atomic E-state index is 12.4. The van der Waals surface area contributed by atoms with Gasteiger partial charge in [0.25, 0.3) is 0 Å². The number of nitrogens with one attached hydrogen (secondary N) is 1. The molecule has 4 nitrogen and oxygen atoms in total. The van der Waals surface area contributed by atoms with Crippen LogP contribution in [0.2, 0.25) is 0 Å². The largest absolute Gasteiger partial charge is 0.445 e. The van der Waals surface area contributed by atoms with E-state index in [-0.39, 0.29) is 6.09 Å². The van der Waals surface area contributed by atoms with Crippen molar-refractivity contribution < 1.29 is 9.53 Å². The van der Waals surface area contributed by atoms with Gasteiger partial charge in [0, 0.05) is 36.1 Å². The number of ether oxygens (including phenoxy) is 1.